The second kappa shape index (κ2) is 10.3. The highest BCUT2D eigenvalue weighted by atomic mass is 16.7. The number of carbonyl (C=O) groups excluding carboxylic acids is 1. The number of amides is 1. The average molecular weight is 537 g/mol. The molecule has 0 aliphatic carbocycles. The Kier molecular flexibility index (Phi) is 7.18. The number of likely N-dealkylation sites (tertiary alicyclic amines) is 1. The van der Waals surface area contributed by atoms with E-state index in [1.807, 2.05) is 25.1 Å². The van der Waals surface area contributed by atoms with Gasteiger partial charge in [0.25, 0.3) is 5.91 Å². The Balaban J connectivity index is 1.32. The summed E-state index contributed by atoms with van der Waals surface area (Å²) in [5, 5.41) is 10.8. The number of benzene rings is 1. The lowest BCUT2D eigenvalue weighted by molar-refractivity contribution is -0.159. The Morgan fingerprint density at radius 1 is 1.21 bits per heavy atom. The number of nitrogens with zero attached hydrogens (tertiary/aromatic N) is 4. The highest BCUT2D eigenvalue weighted by Crippen LogP contribution is 2.47. The van der Waals surface area contributed by atoms with E-state index < -0.39 is 23.4 Å². The van der Waals surface area contributed by atoms with Crippen molar-refractivity contribution in [3.8, 4) is 11.5 Å². The Morgan fingerprint density at radius 3 is 2.62 bits per heavy atom. The number of aliphatic hydroxyl groups excluding tert-OH is 1. The lowest BCUT2D eigenvalue weighted by atomic mass is 9.72. The van der Waals surface area contributed by atoms with Gasteiger partial charge in [-0.3, -0.25) is 4.79 Å². The summed E-state index contributed by atoms with van der Waals surface area (Å²) < 4.78 is 23.4. The summed E-state index contributed by atoms with van der Waals surface area (Å²) in [4.78, 5) is 25.0. The number of hydrogen-bond acceptors (Lipinski definition) is 8. The molecule has 10 nitrogen and oxygen atoms in total. The molecule has 0 unspecified atom stereocenters. The van der Waals surface area contributed by atoms with Crippen molar-refractivity contribution in [2.45, 2.75) is 57.7 Å². The predicted molar refractivity (Wildman–Crippen MR) is 144 cm³/mol. The lowest BCUT2D eigenvalue weighted by Gasteiger charge is -2.40. The molecular weight excluding hydrogens is 500 g/mol. The van der Waals surface area contributed by atoms with Gasteiger partial charge in [0.15, 0.2) is 29.1 Å². The molecule has 2 aromatic rings. The topological polar surface area (TPSA) is 98.0 Å². The van der Waals surface area contributed by atoms with Crippen LogP contribution in [0.4, 0.5) is 11.5 Å². The van der Waals surface area contributed by atoms with Crippen molar-refractivity contribution in [1.82, 2.24) is 9.88 Å². The molecule has 3 aliphatic rings. The summed E-state index contributed by atoms with van der Waals surface area (Å²) in [5.74, 6) is 0.965. The summed E-state index contributed by atoms with van der Waals surface area (Å²) in [6.45, 7) is 17.0. The average Bonchev–Trinajstić information content (AvgIpc) is 3.45. The molecule has 39 heavy (non-hydrogen) atoms. The zero-order valence-electron chi connectivity index (χ0n) is 23.1. The molecule has 4 heterocycles. The Hall–Kier alpha value is -3.39. The van der Waals surface area contributed by atoms with Crippen molar-refractivity contribution in [2.24, 2.45) is 5.41 Å². The molecule has 3 fully saturated rings. The summed E-state index contributed by atoms with van der Waals surface area (Å²) in [7, 11) is 1.61. The quantitative estimate of drug-likeness (QED) is 0.538. The van der Waals surface area contributed by atoms with E-state index in [4.69, 9.17) is 25.5 Å². The molecule has 1 aromatic heterocycles. The molecule has 5 rings (SSSR count). The van der Waals surface area contributed by atoms with Crippen LogP contribution in [-0.4, -0.2) is 84.9 Å². The van der Waals surface area contributed by atoms with Crippen molar-refractivity contribution in [3.63, 3.8) is 0 Å². The van der Waals surface area contributed by atoms with Crippen LogP contribution in [0.2, 0.25) is 0 Å². The number of hydrogen-bond donors (Lipinski definition) is 1. The van der Waals surface area contributed by atoms with Crippen molar-refractivity contribution < 1.29 is 28.8 Å². The molecule has 3 aliphatic heterocycles. The van der Waals surface area contributed by atoms with Gasteiger partial charge >= 0.3 is 0 Å². The largest absolute Gasteiger partial charge is 0.493 e. The van der Waals surface area contributed by atoms with E-state index >= 15 is 0 Å². The highest BCUT2D eigenvalue weighted by molar-refractivity contribution is 5.82. The predicted octanol–water partition coefficient (Wildman–Crippen LogP) is 3.37. The molecule has 3 saturated heterocycles. The molecule has 1 amide bonds. The first-order valence-corrected chi connectivity index (χ1v) is 13.2. The molecule has 10 heteroatoms. The van der Waals surface area contributed by atoms with Crippen LogP contribution >= 0.6 is 0 Å². The fourth-order valence-electron chi connectivity index (χ4n) is 5.64. The number of aromatic nitrogens is 1. The van der Waals surface area contributed by atoms with E-state index in [1.165, 1.54) is 0 Å². The zero-order chi connectivity index (χ0) is 27.9. The number of pyridine rings is 1. The minimum absolute atomic E-state index is 0.0692. The number of aliphatic hydroxyl groups is 1. The van der Waals surface area contributed by atoms with Crippen LogP contribution in [0.5, 0.6) is 11.5 Å². The molecule has 1 aromatic carbocycles. The third-order valence-electron chi connectivity index (χ3n) is 8.19. The summed E-state index contributed by atoms with van der Waals surface area (Å²) in [6, 6.07) is 9.30. The number of ether oxygens (including phenoxy) is 4. The van der Waals surface area contributed by atoms with Crippen LogP contribution in [0.3, 0.4) is 0 Å². The first kappa shape index (κ1) is 27.2. The first-order valence-electron chi connectivity index (χ1n) is 13.2. The molecular formula is C29H36N4O6. The van der Waals surface area contributed by atoms with Crippen LogP contribution in [0, 0.1) is 12.0 Å². The van der Waals surface area contributed by atoms with Gasteiger partial charge in [-0.2, -0.15) is 0 Å². The lowest BCUT2D eigenvalue weighted by Crippen LogP contribution is -2.54. The van der Waals surface area contributed by atoms with E-state index in [-0.39, 0.29) is 24.5 Å². The van der Waals surface area contributed by atoms with Crippen LogP contribution in [0.15, 0.2) is 36.5 Å². The van der Waals surface area contributed by atoms with E-state index in [1.54, 1.807) is 51.1 Å². The maximum absolute atomic E-state index is 13.3. The van der Waals surface area contributed by atoms with Crippen molar-refractivity contribution in [2.75, 3.05) is 44.8 Å². The van der Waals surface area contributed by atoms with E-state index in [9.17, 15) is 9.90 Å². The first-order chi connectivity index (χ1) is 18.5. The minimum Gasteiger partial charge on any atom is -0.493 e. The molecule has 4 atom stereocenters. The molecule has 0 radical (unpaired) electrons. The maximum Gasteiger partial charge on any atom is 0.254 e. The van der Waals surface area contributed by atoms with Gasteiger partial charge in [0.1, 0.15) is 11.9 Å². The zero-order valence-corrected chi connectivity index (χ0v) is 23.1. The van der Waals surface area contributed by atoms with Gasteiger partial charge in [0, 0.05) is 30.6 Å². The monoisotopic (exact) mass is 536 g/mol. The third-order valence-corrected chi connectivity index (χ3v) is 8.19. The van der Waals surface area contributed by atoms with Gasteiger partial charge in [-0.15, -0.1) is 0 Å². The van der Waals surface area contributed by atoms with Crippen LogP contribution in [0.25, 0.3) is 4.85 Å². The smallest absolute Gasteiger partial charge is 0.254 e. The second-order valence-electron chi connectivity index (χ2n) is 11.3. The van der Waals surface area contributed by atoms with Crippen LogP contribution in [-0.2, 0) is 14.3 Å². The molecule has 0 spiro atoms. The fraction of sp³-hybridized carbons (Fsp3) is 0.552. The normalized spacial score (nSPS) is 27.1. The number of anilines is 1. The van der Waals surface area contributed by atoms with Gasteiger partial charge in [0.05, 0.1) is 39.5 Å². The Morgan fingerprint density at radius 2 is 1.97 bits per heavy atom. The van der Waals surface area contributed by atoms with Gasteiger partial charge in [-0.25, -0.2) is 9.83 Å². The maximum atomic E-state index is 13.3. The molecule has 0 saturated carbocycles. The van der Waals surface area contributed by atoms with Crippen molar-refractivity contribution in [1.29, 1.82) is 0 Å². The summed E-state index contributed by atoms with van der Waals surface area (Å²) in [6.07, 6.45) is 0.270. The number of rotatable bonds is 7. The Bertz CT molecular complexity index is 1270. The van der Waals surface area contributed by atoms with E-state index in [0.29, 0.717) is 43.4 Å². The SMILES string of the molecule is [C-]#[N+]c1ccnc(N2CC(Oc3cc([C@@H]4CN(C(=O)[C@@H]5COC(C)(C)O5)C[C@@]4(C)[C@@H](C)O)ccc3OC)C2)c1. The van der Waals surface area contributed by atoms with Crippen molar-refractivity contribution in [3.05, 3.63) is 53.5 Å². The standard InChI is InChI=1S/C29H36N4O6/c1-18(34)29(4)17-33(27(35)25-16-37-28(2,3)39-25)15-22(29)19-7-8-23(36-6)24(11-19)38-21-13-32(14-21)26-12-20(30-5)9-10-31-26/h7-12,18,21-22,25,34H,13-17H2,1-4,6H3/t18-,22+,25+,29+/m1/s1. The van der Waals surface area contributed by atoms with Gasteiger partial charge < -0.3 is 33.9 Å². The minimum atomic E-state index is -0.790. The number of carbonyl (C=O) groups is 1. The second-order valence-corrected chi connectivity index (χ2v) is 11.3. The van der Waals surface area contributed by atoms with Gasteiger partial charge in [-0.1, -0.05) is 13.0 Å². The third kappa shape index (κ3) is 5.26. The van der Waals surface area contributed by atoms with Crippen molar-refractivity contribution >= 4 is 17.4 Å². The number of methoxy groups -OCH3 is 1. The summed E-state index contributed by atoms with van der Waals surface area (Å²) >= 11 is 0. The molecule has 0 bridgehead atoms. The van der Waals surface area contributed by atoms with E-state index in [0.717, 1.165) is 11.4 Å². The highest BCUT2D eigenvalue weighted by Gasteiger charge is 2.50. The Labute approximate surface area is 229 Å². The van der Waals surface area contributed by atoms with Gasteiger partial charge in [-0.05, 0) is 50.6 Å². The molecule has 208 valence electrons. The van der Waals surface area contributed by atoms with E-state index in [2.05, 4.69) is 14.7 Å². The summed E-state index contributed by atoms with van der Waals surface area (Å²) in [5.41, 5.74) is 0.958. The van der Waals surface area contributed by atoms with Crippen LogP contribution in [0.1, 0.15) is 39.2 Å². The van der Waals surface area contributed by atoms with Gasteiger partial charge in [0.2, 0.25) is 0 Å². The van der Waals surface area contributed by atoms with Crippen LogP contribution < -0.4 is 14.4 Å². The molecule has 1 N–H and O–H groups in total. The fourth-order valence-corrected chi connectivity index (χ4v) is 5.64.